The van der Waals surface area contributed by atoms with Gasteiger partial charge in [-0.2, -0.15) is 13.2 Å². The van der Waals surface area contributed by atoms with E-state index in [9.17, 15) is 13.2 Å². The maximum absolute atomic E-state index is 13.0. The monoisotopic (exact) mass is 326 g/mol. The Balaban J connectivity index is 1.59. The van der Waals surface area contributed by atoms with E-state index in [-0.39, 0.29) is 13.0 Å². The number of halogens is 3. The summed E-state index contributed by atoms with van der Waals surface area (Å²) in [7, 11) is 0. The minimum absolute atomic E-state index is 0.0163. The number of fused-ring (bicyclic) bond motifs is 2. The first-order valence-electron chi connectivity index (χ1n) is 8.35. The molecule has 0 amide bonds. The number of piperidine rings is 2. The first kappa shape index (κ1) is 14.9. The molecule has 0 radical (unpaired) electrons. The zero-order chi connectivity index (χ0) is 16.0. The van der Waals surface area contributed by atoms with Crippen molar-refractivity contribution in [3.05, 3.63) is 12.1 Å². The lowest BCUT2D eigenvalue weighted by Crippen LogP contribution is -2.42. The average molecular weight is 326 g/mol. The quantitative estimate of drug-likeness (QED) is 0.858. The lowest BCUT2D eigenvalue weighted by atomic mass is 9.97. The number of hydrogen-bond acceptors (Lipinski definition) is 4. The van der Waals surface area contributed by atoms with Gasteiger partial charge >= 0.3 is 6.18 Å². The van der Waals surface area contributed by atoms with Gasteiger partial charge in [0.1, 0.15) is 5.82 Å². The smallest absolute Gasteiger partial charge is 0.368 e. The van der Waals surface area contributed by atoms with E-state index in [4.69, 9.17) is 0 Å². The van der Waals surface area contributed by atoms with Gasteiger partial charge in [0.25, 0.3) is 0 Å². The van der Waals surface area contributed by atoms with Crippen LogP contribution in [0, 0.1) is 5.92 Å². The van der Waals surface area contributed by atoms with E-state index in [0.29, 0.717) is 24.8 Å². The van der Waals surface area contributed by atoms with Gasteiger partial charge in [0.15, 0.2) is 5.82 Å². The minimum Gasteiger partial charge on any atom is -0.368 e. The summed E-state index contributed by atoms with van der Waals surface area (Å²) in [6.07, 6.45) is -1.16. The Hall–Kier alpha value is -1.66. The maximum Gasteiger partial charge on any atom is 0.393 e. The number of anilines is 3. The second kappa shape index (κ2) is 5.46. The first-order valence-corrected chi connectivity index (χ1v) is 8.35. The fourth-order valence-corrected chi connectivity index (χ4v) is 3.89. The number of rotatable bonds is 1. The number of aromatic nitrogens is 1. The number of alkyl halides is 3. The lowest BCUT2D eigenvalue weighted by molar-refractivity contribution is -0.176. The molecule has 1 unspecified atom stereocenters. The molecule has 2 saturated heterocycles. The van der Waals surface area contributed by atoms with E-state index in [2.05, 4.69) is 15.2 Å². The van der Waals surface area contributed by atoms with Crippen LogP contribution in [0.2, 0.25) is 0 Å². The third-order valence-corrected chi connectivity index (χ3v) is 5.24. The molecule has 23 heavy (non-hydrogen) atoms. The molecule has 1 atom stereocenters. The number of nitrogens with zero attached hydrogens (tertiary/aromatic N) is 3. The summed E-state index contributed by atoms with van der Waals surface area (Å²) in [5.74, 6) is 0.245. The summed E-state index contributed by atoms with van der Waals surface area (Å²) in [5, 5.41) is 3.47. The normalized spacial score (nSPS) is 25.1. The Labute approximate surface area is 133 Å². The molecule has 4 aliphatic heterocycles. The third-order valence-electron chi connectivity index (χ3n) is 5.24. The Morgan fingerprint density at radius 2 is 1.83 bits per heavy atom. The van der Waals surface area contributed by atoms with Crippen LogP contribution in [-0.4, -0.2) is 43.4 Å². The van der Waals surface area contributed by atoms with Crippen LogP contribution in [0.15, 0.2) is 12.1 Å². The second-order valence-corrected chi connectivity index (χ2v) is 6.77. The predicted molar refractivity (Wildman–Crippen MR) is 84.1 cm³/mol. The molecule has 1 aromatic rings. The van der Waals surface area contributed by atoms with E-state index in [1.807, 2.05) is 12.1 Å². The zero-order valence-corrected chi connectivity index (χ0v) is 12.9. The first-order chi connectivity index (χ1) is 11.0. The number of pyridine rings is 1. The van der Waals surface area contributed by atoms with Crippen molar-refractivity contribution in [2.45, 2.75) is 37.9 Å². The highest BCUT2D eigenvalue weighted by Crippen LogP contribution is 2.37. The van der Waals surface area contributed by atoms with Gasteiger partial charge in [0, 0.05) is 32.2 Å². The molecule has 2 bridgehead atoms. The molecule has 1 N–H and O–H groups in total. The van der Waals surface area contributed by atoms with Crippen LogP contribution >= 0.6 is 0 Å². The third kappa shape index (κ3) is 2.81. The van der Waals surface area contributed by atoms with Gasteiger partial charge in [-0.3, -0.25) is 0 Å². The van der Waals surface area contributed by atoms with Crippen molar-refractivity contribution in [1.82, 2.24) is 4.98 Å². The van der Waals surface area contributed by atoms with Gasteiger partial charge in [-0.15, -0.1) is 0 Å². The molecule has 4 aliphatic rings. The lowest BCUT2D eigenvalue weighted by Gasteiger charge is -2.35. The summed E-state index contributed by atoms with van der Waals surface area (Å²) < 4.78 is 39.0. The molecule has 0 aromatic carbocycles. The Bertz CT molecular complexity index is 581. The van der Waals surface area contributed by atoms with Gasteiger partial charge in [0.05, 0.1) is 11.6 Å². The SMILES string of the molecule is FC(F)(F)C1CCCN(c2ccc3c(n2)NC2CCN3CC2)C1. The Morgan fingerprint density at radius 1 is 1.04 bits per heavy atom. The molecule has 0 aliphatic carbocycles. The molecule has 1 aromatic heterocycles. The van der Waals surface area contributed by atoms with Crippen molar-refractivity contribution >= 4 is 17.3 Å². The predicted octanol–water partition coefficient (Wildman–Crippen LogP) is 3.25. The van der Waals surface area contributed by atoms with Gasteiger partial charge in [0.2, 0.25) is 0 Å². The molecule has 7 heteroatoms. The van der Waals surface area contributed by atoms with Gasteiger partial charge < -0.3 is 15.1 Å². The van der Waals surface area contributed by atoms with Crippen LogP contribution in [-0.2, 0) is 0 Å². The van der Waals surface area contributed by atoms with E-state index in [1.165, 1.54) is 0 Å². The highest BCUT2D eigenvalue weighted by Gasteiger charge is 2.42. The molecule has 0 saturated carbocycles. The highest BCUT2D eigenvalue weighted by molar-refractivity contribution is 5.71. The number of hydrogen-bond donors (Lipinski definition) is 1. The molecule has 5 heterocycles. The Morgan fingerprint density at radius 3 is 2.57 bits per heavy atom. The molecule has 0 spiro atoms. The highest BCUT2D eigenvalue weighted by atomic mass is 19.4. The van der Waals surface area contributed by atoms with Crippen molar-refractivity contribution < 1.29 is 13.2 Å². The second-order valence-electron chi connectivity index (χ2n) is 6.77. The fourth-order valence-electron chi connectivity index (χ4n) is 3.89. The molecular weight excluding hydrogens is 305 g/mol. The molecule has 126 valence electrons. The largest absolute Gasteiger partial charge is 0.393 e. The van der Waals surface area contributed by atoms with Gasteiger partial charge in [-0.05, 0) is 37.8 Å². The Kier molecular flexibility index (Phi) is 3.54. The van der Waals surface area contributed by atoms with Crippen molar-refractivity contribution in [1.29, 1.82) is 0 Å². The van der Waals surface area contributed by atoms with Crippen LogP contribution < -0.4 is 15.1 Å². The van der Waals surface area contributed by atoms with E-state index >= 15 is 0 Å². The van der Waals surface area contributed by atoms with Crippen molar-refractivity contribution in [3.63, 3.8) is 0 Å². The summed E-state index contributed by atoms with van der Waals surface area (Å²) in [5.41, 5.74) is 1.08. The minimum atomic E-state index is -4.12. The number of nitrogens with one attached hydrogen (secondary N) is 1. The summed E-state index contributed by atoms with van der Waals surface area (Å²) >= 11 is 0. The van der Waals surface area contributed by atoms with Crippen LogP contribution in [0.5, 0.6) is 0 Å². The van der Waals surface area contributed by atoms with Crippen LogP contribution in [0.25, 0.3) is 0 Å². The van der Waals surface area contributed by atoms with E-state index in [0.717, 1.165) is 37.4 Å². The van der Waals surface area contributed by atoms with Gasteiger partial charge in [-0.25, -0.2) is 4.98 Å². The molecular formula is C16H21F3N4. The topological polar surface area (TPSA) is 31.4 Å². The van der Waals surface area contributed by atoms with E-state index < -0.39 is 12.1 Å². The summed E-state index contributed by atoms with van der Waals surface area (Å²) in [6, 6.07) is 4.31. The summed E-state index contributed by atoms with van der Waals surface area (Å²) in [6.45, 7) is 2.70. The van der Waals surface area contributed by atoms with Crippen molar-refractivity contribution in [3.8, 4) is 0 Å². The van der Waals surface area contributed by atoms with Crippen LogP contribution in [0.3, 0.4) is 0 Å². The van der Waals surface area contributed by atoms with Crippen molar-refractivity contribution in [2.24, 2.45) is 5.92 Å². The van der Waals surface area contributed by atoms with Crippen molar-refractivity contribution in [2.75, 3.05) is 41.3 Å². The standard InChI is InChI=1S/C16H21F3N4/c17-16(18,19)11-2-1-7-23(10-11)14-4-3-13-15(21-14)20-12-5-8-22(13)9-6-12/h3-4,11-12H,1-2,5-10H2,(H,20,21). The van der Waals surface area contributed by atoms with Crippen LogP contribution in [0.1, 0.15) is 25.7 Å². The average Bonchev–Trinajstić information content (AvgIpc) is 2.82. The molecule has 4 nitrogen and oxygen atoms in total. The zero-order valence-electron chi connectivity index (χ0n) is 12.9. The summed E-state index contributed by atoms with van der Waals surface area (Å²) in [4.78, 5) is 8.76. The maximum atomic E-state index is 13.0. The fraction of sp³-hybridized carbons (Fsp3) is 0.688. The molecule has 2 fully saturated rings. The van der Waals surface area contributed by atoms with Gasteiger partial charge in [-0.1, -0.05) is 0 Å². The molecule has 5 rings (SSSR count). The van der Waals surface area contributed by atoms with Crippen LogP contribution in [0.4, 0.5) is 30.5 Å². The van der Waals surface area contributed by atoms with E-state index in [1.54, 1.807) is 4.90 Å².